The largest absolute Gasteiger partial charge is 0.356 e. The minimum atomic E-state index is -3.37. The van der Waals surface area contributed by atoms with E-state index in [0.717, 1.165) is 5.56 Å². The predicted molar refractivity (Wildman–Crippen MR) is 82.8 cm³/mol. The molecule has 0 atom stereocenters. The summed E-state index contributed by atoms with van der Waals surface area (Å²) >= 11 is 0. The average molecular weight is 309 g/mol. The molecule has 0 radical (unpaired) electrons. The molecule has 116 valence electrons. The molecule has 0 saturated heterocycles. The molecule has 0 spiro atoms. The van der Waals surface area contributed by atoms with Crippen molar-refractivity contribution >= 4 is 15.7 Å². The Morgan fingerprint density at radius 1 is 1.19 bits per heavy atom. The lowest BCUT2D eigenvalue weighted by Crippen LogP contribution is -2.29. The van der Waals surface area contributed by atoms with Crippen LogP contribution in [0.15, 0.2) is 29.2 Å². The maximum absolute atomic E-state index is 12.1. The van der Waals surface area contributed by atoms with E-state index in [1.54, 1.807) is 24.3 Å². The molecule has 0 aromatic heterocycles. The SMILES string of the molecule is Cc1ccc(S(=O)(=O)CCC(=O)NCC2CCCC2)cc1. The van der Waals surface area contributed by atoms with Crippen molar-refractivity contribution in [2.75, 3.05) is 12.3 Å². The molecule has 1 N–H and O–H groups in total. The topological polar surface area (TPSA) is 63.2 Å². The number of sulfone groups is 1. The van der Waals surface area contributed by atoms with Crippen LogP contribution in [0.3, 0.4) is 0 Å². The highest BCUT2D eigenvalue weighted by molar-refractivity contribution is 7.91. The summed E-state index contributed by atoms with van der Waals surface area (Å²) < 4.78 is 24.3. The van der Waals surface area contributed by atoms with Crippen molar-refractivity contribution in [3.05, 3.63) is 29.8 Å². The van der Waals surface area contributed by atoms with E-state index < -0.39 is 9.84 Å². The van der Waals surface area contributed by atoms with Crippen LogP contribution in [0.5, 0.6) is 0 Å². The Balaban J connectivity index is 1.80. The summed E-state index contributed by atoms with van der Waals surface area (Å²) in [6.07, 6.45) is 4.84. The molecule has 1 saturated carbocycles. The van der Waals surface area contributed by atoms with E-state index >= 15 is 0 Å². The zero-order valence-electron chi connectivity index (χ0n) is 12.5. The Morgan fingerprint density at radius 2 is 1.81 bits per heavy atom. The fraction of sp³-hybridized carbons (Fsp3) is 0.562. The van der Waals surface area contributed by atoms with Crippen LogP contribution in [0.25, 0.3) is 0 Å². The molecule has 5 heteroatoms. The van der Waals surface area contributed by atoms with Crippen LogP contribution in [-0.2, 0) is 14.6 Å². The number of nitrogens with one attached hydrogen (secondary N) is 1. The Bertz CT molecular complexity index is 572. The first kappa shape index (κ1) is 16.0. The van der Waals surface area contributed by atoms with Crippen LogP contribution in [0.4, 0.5) is 0 Å². The van der Waals surface area contributed by atoms with Crippen LogP contribution in [0.1, 0.15) is 37.7 Å². The lowest BCUT2D eigenvalue weighted by Gasteiger charge is -2.10. The molecule has 0 unspecified atom stereocenters. The Labute approximate surface area is 126 Å². The lowest BCUT2D eigenvalue weighted by molar-refractivity contribution is -0.120. The normalized spacial score (nSPS) is 16.0. The molecule has 1 aromatic carbocycles. The van der Waals surface area contributed by atoms with E-state index in [4.69, 9.17) is 0 Å². The highest BCUT2D eigenvalue weighted by Gasteiger charge is 2.18. The maximum Gasteiger partial charge on any atom is 0.221 e. The van der Waals surface area contributed by atoms with Crippen molar-refractivity contribution in [2.24, 2.45) is 5.92 Å². The van der Waals surface area contributed by atoms with Crippen molar-refractivity contribution < 1.29 is 13.2 Å². The minimum absolute atomic E-state index is 0.0307. The van der Waals surface area contributed by atoms with Gasteiger partial charge in [0.2, 0.25) is 5.91 Å². The first-order valence-electron chi connectivity index (χ1n) is 7.53. The molecule has 2 rings (SSSR count). The van der Waals surface area contributed by atoms with E-state index in [1.807, 2.05) is 6.92 Å². The Kier molecular flexibility index (Phi) is 5.39. The molecule has 1 fully saturated rings. The number of rotatable bonds is 6. The van der Waals surface area contributed by atoms with Crippen LogP contribution in [0, 0.1) is 12.8 Å². The van der Waals surface area contributed by atoms with Gasteiger partial charge in [-0.2, -0.15) is 0 Å². The van der Waals surface area contributed by atoms with Crippen LogP contribution >= 0.6 is 0 Å². The lowest BCUT2D eigenvalue weighted by atomic mass is 10.1. The van der Waals surface area contributed by atoms with Gasteiger partial charge in [0.1, 0.15) is 0 Å². The van der Waals surface area contributed by atoms with E-state index in [9.17, 15) is 13.2 Å². The highest BCUT2D eigenvalue weighted by atomic mass is 32.2. The van der Waals surface area contributed by atoms with Crippen molar-refractivity contribution in [2.45, 2.75) is 43.9 Å². The third kappa shape index (κ3) is 4.84. The number of amides is 1. The fourth-order valence-electron chi connectivity index (χ4n) is 2.65. The second kappa shape index (κ2) is 7.07. The number of benzene rings is 1. The summed E-state index contributed by atoms with van der Waals surface area (Å²) in [4.78, 5) is 12.0. The Morgan fingerprint density at radius 3 is 2.43 bits per heavy atom. The number of hydrogen-bond acceptors (Lipinski definition) is 3. The maximum atomic E-state index is 12.1. The van der Waals surface area contributed by atoms with Gasteiger partial charge in [0, 0.05) is 13.0 Å². The van der Waals surface area contributed by atoms with Gasteiger partial charge in [-0.25, -0.2) is 8.42 Å². The first-order valence-corrected chi connectivity index (χ1v) is 9.19. The second-order valence-corrected chi connectivity index (χ2v) is 7.95. The molecule has 1 aliphatic carbocycles. The van der Waals surface area contributed by atoms with Crippen molar-refractivity contribution in [3.63, 3.8) is 0 Å². The zero-order chi connectivity index (χ0) is 15.3. The van der Waals surface area contributed by atoms with E-state index in [2.05, 4.69) is 5.32 Å². The predicted octanol–water partition coefficient (Wildman–Crippen LogP) is 2.47. The molecule has 1 aliphatic rings. The summed E-state index contributed by atoms with van der Waals surface area (Å²) in [5.74, 6) is 0.271. The number of carbonyl (C=O) groups excluding carboxylic acids is 1. The number of hydrogen-bond donors (Lipinski definition) is 1. The van der Waals surface area contributed by atoms with E-state index in [1.165, 1.54) is 25.7 Å². The third-order valence-corrected chi connectivity index (χ3v) is 5.77. The van der Waals surface area contributed by atoms with Crippen molar-refractivity contribution in [3.8, 4) is 0 Å². The molecule has 0 bridgehead atoms. The molecule has 1 amide bonds. The summed E-state index contributed by atoms with van der Waals surface area (Å²) in [6, 6.07) is 6.74. The third-order valence-electron chi connectivity index (χ3n) is 4.04. The molecule has 21 heavy (non-hydrogen) atoms. The van der Waals surface area contributed by atoms with Gasteiger partial charge >= 0.3 is 0 Å². The molecular formula is C16H23NO3S. The molecule has 0 aliphatic heterocycles. The second-order valence-electron chi connectivity index (χ2n) is 5.84. The van der Waals surface area contributed by atoms with Gasteiger partial charge < -0.3 is 5.32 Å². The van der Waals surface area contributed by atoms with Crippen molar-refractivity contribution in [1.29, 1.82) is 0 Å². The van der Waals surface area contributed by atoms with Gasteiger partial charge in [-0.15, -0.1) is 0 Å². The van der Waals surface area contributed by atoms with Gasteiger partial charge in [0.25, 0.3) is 0 Å². The molecule has 1 aromatic rings. The average Bonchev–Trinajstić information content (AvgIpc) is 2.97. The quantitative estimate of drug-likeness (QED) is 0.878. The Hall–Kier alpha value is -1.36. The van der Waals surface area contributed by atoms with Gasteiger partial charge in [0.15, 0.2) is 9.84 Å². The zero-order valence-corrected chi connectivity index (χ0v) is 13.3. The number of carbonyl (C=O) groups is 1. The van der Waals surface area contributed by atoms with Crippen LogP contribution in [0.2, 0.25) is 0 Å². The summed E-state index contributed by atoms with van der Waals surface area (Å²) in [5.41, 5.74) is 1.02. The van der Waals surface area contributed by atoms with Crippen molar-refractivity contribution in [1.82, 2.24) is 5.32 Å². The number of aryl methyl sites for hydroxylation is 1. The molecule has 4 nitrogen and oxygen atoms in total. The van der Waals surface area contributed by atoms with E-state index in [0.29, 0.717) is 12.5 Å². The van der Waals surface area contributed by atoms with Gasteiger partial charge in [-0.3, -0.25) is 4.79 Å². The van der Waals surface area contributed by atoms with Gasteiger partial charge in [-0.1, -0.05) is 30.5 Å². The fourth-order valence-corrected chi connectivity index (χ4v) is 3.89. The summed E-state index contributed by atoms with van der Waals surface area (Å²) in [7, 11) is -3.37. The summed E-state index contributed by atoms with van der Waals surface area (Å²) in [5, 5.41) is 2.85. The first-order chi connectivity index (χ1) is 9.97. The minimum Gasteiger partial charge on any atom is -0.356 e. The monoisotopic (exact) mass is 309 g/mol. The van der Waals surface area contributed by atoms with Gasteiger partial charge in [-0.05, 0) is 37.8 Å². The highest BCUT2D eigenvalue weighted by Crippen LogP contribution is 2.23. The van der Waals surface area contributed by atoms with Gasteiger partial charge in [0.05, 0.1) is 10.6 Å². The molecular weight excluding hydrogens is 286 g/mol. The standard InChI is InChI=1S/C16H23NO3S/c1-13-6-8-15(9-7-13)21(19,20)11-10-16(18)17-12-14-4-2-3-5-14/h6-9,14H,2-5,10-12H2,1H3,(H,17,18). The molecule has 0 heterocycles. The van der Waals surface area contributed by atoms with E-state index in [-0.39, 0.29) is 23.0 Å². The smallest absolute Gasteiger partial charge is 0.221 e. The van der Waals surface area contributed by atoms with Crippen LogP contribution < -0.4 is 5.32 Å². The van der Waals surface area contributed by atoms with Crippen LogP contribution in [-0.4, -0.2) is 26.6 Å². The summed E-state index contributed by atoms with van der Waals surface area (Å²) in [6.45, 7) is 2.59.